The van der Waals surface area contributed by atoms with Crippen LogP contribution in [0.15, 0.2) is 23.9 Å². The number of carbonyl (C=O) groups is 2. The molecule has 10 heteroatoms. The topological polar surface area (TPSA) is 84.9 Å². The van der Waals surface area contributed by atoms with E-state index in [4.69, 9.17) is 9.47 Å². The van der Waals surface area contributed by atoms with Gasteiger partial charge in [0.05, 0.1) is 35.1 Å². The average molecular weight is 501 g/mol. The van der Waals surface area contributed by atoms with Crippen LogP contribution in [0.2, 0.25) is 0 Å². The molecule has 0 atom stereocenters. The smallest absolute Gasteiger partial charge is 0.233 e. The summed E-state index contributed by atoms with van der Waals surface area (Å²) in [5.41, 5.74) is 0.434. The minimum atomic E-state index is -0.365. The van der Waals surface area contributed by atoms with Gasteiger partial charge in [0.1, 0.15) is 0 Å². The predicted molar refractivity (Wildman–Crippen MR) is 134 cm³/mol. The Morgan fingerprint density at radius 1 is 0.676 bits per heavy atom. The van der Waals surface area contributed by atoms with Gasteiger partial charge in [-0.15, -0.1) is 0 Å². The number of piperidine rings is 2. The van der Waals surface area contributed by atoms with Crippen LogP contribution in [0.1, 0.15) is 48.3 Å². The van der Waals surface area contributed by atoms with Crippen molar-refractivity contribution in [2.45, 2.75) is 38.5 Å². The molecule has 0 spiro atoms. The van der Waals surface area contributed by atoms with Gasteiger partial charge in [-0.2, -0.15) is 0 Å². The monoisotopic (exact) mass is 500 g/mol. The molecule has 180 valence electrons. The van der Waals surface area contributed by atoms with Gasteiger partial charge in [-0.05, 0) is 38.5 Å². The van der Waals surface area contributed by atoms with Crippen molar-refractivity contribution in [1.29, 1.82) is 0 Å². The standard InChI is InChI=1S/C24H28N4O4S2/c1-31-21-17(15-13-25-23(33-15)27-9-5-3-6-10-27)20(30)22(32-2)18(19(21)29)16-14-26-24(34-16)28-11-7-4-8-12-28/h13-14H,3-12H2,1-2H3. The third kappa shape index (κ3) is 4.13. The molecule has 0 saturated carbocycles. The van der Waals surface area contributed by atoms with Crippen molar-refractivity contribution >= 4 is 55.6 Å². The molecule has 0 radical (unpaired) electrons. The second-order valence-corrected chi connectivity index (χ2v) is 10.6. The van der Waals surface area contributed by atoms with Crippen LogP contribution < -0.4 is 9.80 Å². The number of rotatable bonds is 6. The quantitative estimate of drug-likeness (QED) is 0.547. The first-order valence-electron chi connectivity index (χ1n) is 11.7. The maximum atomic E-state index is 13.6. The molecule has 1 aliphatic carbocycles. The molecular formula is C24H28N4O4S2. The number of anilines is 2. The summed E-state index contributed by atoms with van der Waals surface area (Å²) in [6, 6.07) is 0. The van der Waals surface area contributed by atoms with Crippen LogP contribution in [-0.2, 0) is 19.1 Å². The molecule has 2 aliphatic heterocycles. The van der Waals surface area contributed by atoms with E-state index in [9.17, 15) is 9.59 Å². The van der Waals surface area contributed by atoms with Gasteiger partial charge in [-0.25, -0.2) is 9.97 Å². The lowest BCUT2D eigenvalue weighted by molar-refractivity contribution is -0.117. The molecule has 0 N–H and O–H groups in total. The number of ketones is 2. The minimum absolute atomic E-state index is 0.0302. The molecule has 2 saturated heterocycles. The summed E-state index contributed by atoms with van der Waals surface area (Å²) < 4.78 is 11.0. The Balaban J connectivity index is 1.49. The summed E-state index contributed by atoms with van der Waals surface area (Å²) in [5, 5.41) is 1.72. The number of allylic oxidation sites excluding steroid dienone is 2. The van der Waals surface area contributed by atoms with E-state index in [0.717, 1.165) is 62.1 Å². The second kappa shape index (κ2) is 9.87. The molecule has 8 nitrogen and oxygen atoms in total. The lowest BCUT2D eigenvalue weighted by Crippen LogP contribution is -2.29. The van der Waals surface area contributed by atoms with E-state index < -0.39 is 0 Å². The molecule has 5 rings (SSSR count). The van der Waals surface area contributed by atoms with Crippen LogP contribution in [0.4, 0.5) is 10.3 Å². The zero-order valence-electron chi connectivity index (χ0n) is 19.5. The fraction of sp³-hybridized carbons (Fsp3) is 0.500. The van der Waals surface area contributed by atoms with Crippen molar-refractivity contribution in [1.82, 2.24) is 9.97 Å². The highest BCUT2D eigenvalue weighted by molar-refractivity contribution is 7.17. The summed E-state index contributed by atoms with van der Waals surface area (Å²) in [5.74, 6) is -0.670. The number of aromatic nitrogens is 2. The van der Waals surface area contributed by atoms with Gasteiger partial charge in [0, 0.05) is 38.6 Å². The van der Waals surface area contributed by atoms with Crippen LogP contribution in [0.3, 0.4) is 0 Å². The molecule has 34 heavy (non-hydrogen) atoms. The highest BCUT2D eigenvalue weighted by atomic mass is 32.1. The van der Waals surface area contributed by atoms with Gasteiger partial charge in [-0.3, -0.25) is 9.59 Å². The number of nitrogens with zero attached hydrogens (tertiary/aromatic N) is 4. The largest absolute Gasteiger partial charge is 0.492 e. The van der Waals surface area contributed by atoms with Gasteiger partial charge in [0.25, 0.3) is 0 Å². The zero-order valence-corrected chi connectivity index (χ0v) is 21.1. The highest BCUT2D eigenvalue weighted by Crippen LogP contribution is 2.41. The number of thiazole rings is 2. The van der Waals surface area contributed by atoms with Crippen LogP contribution in [0.25, 0.3) is 11.1 Å². The van der Waals surface area contributed by atoms with Crippen molar-refractivity contribution in [3.8, 4) is 0 Å². The van der Waals surface area contributed by atoms with Crippen molar-refractivity contribution in [2.24, 2.45) is 0 Å². The summed E-state index contributed by atoms with van der Waals surface area (Å²) in [4.78, 5) is 42.0. The van der Waals surface area contributed by atoms with Gasteiger partial charge in [0.2, 0.25) is 11.6 Å². The highest BCUT2D eigenvalue weighted by Gasteiger charge is 2.40. The lowest BCUT2D eigenvalue weighted by atomic mass is 9.92. The van der Waals surface area contributed by atoms with Crippen LogP contribution >= 0.6 is 22.7 Å². The molecular weight excluding hydrogens is 472 g/mol. The van der Waals surface area contributed by atoms with Crippen LogP contribution in [0.5, 0.6) is 0 Å². The number of methoxy groups -OCH3 is 2. The summed E-state index contributed by atoms with van der Waals surface area (Å²) in [6.45, 7) is 3.81. The maximum absolute atomic E-state index is 13.6. The Labute approximate surface area is 206 Å². The van der Waals surface area contributed by atoms with Gasteiger partial charge in [0.15, 0.2) is 21.8 Å². The summed E-state index contributed by atoms with van der Waals surface area (Å²) >= 11 is 2.83. The Kier molecular flexibility index (Phi) is 6.69. The second-order valence-electron chi connectivity index (χ2n) is 8.58. The Morgan fingerprint density at radius 3 is 1.41 bits per heavy atom. The minimum Gasteiger partial charge on any atom is -0.492 e. The third-order valence-electron chi connectivity index (χ3n) is 6.46. The van der Waals surface area contributed by atoms with Crippen molar-refractivity contribution in [2.75, 3.05) is 50.2 Å². The van der Waals surface area contributed by atoms with E-state index in [-0.39, 0.29) is 34.2 Å². The number of ether oxygens (including phenoxy) is 2. The average Bonchev–Trinajstić information content (AvgIpc) is 3.56. The molecule has 4 heterocycles. The Bertz CT molecular complexity index is 1060. The molecule has 0 aromatic carbocycles. The van der Waals surface area contributed by atoms with E-state index in [0.29, 0.717) is 9.75 Å². The molecule has 2 fully saturated rings. The number of Topliss-reactive ketones (excluding diaryl/α,β-unsaturated/α-hetero) is 2. The van der Waals surface area contributed by atoms with Crippen molar-refractivity contribution in [3.05, 3.63) is 33.7 Å². The molecule has 3 aliphatic rings. The normalized spacial score (nSPS) is 19.8. The molecule has 0 unspecified atom stereocenters. The van der Waals surface area contributed by atoms with E-state index >= 15 is 0 Å². The molecule has 2 aromatic rings. The van der Waals surface area contributed by atoms with E-state index in [1.165, 1.54) is 49.7 Å². The summed E-state index contributed by atoms with van der Waals surface area (Å²) in [7, 11) is 2.85. The Morgan fingerprint density at radius 2 is 1.06 bits per heavy atom. The van der Waals surface area contributed by atoms with Gasteiger partial charge >= 0.3 is 0 Å². The first-order chi connectivity index (χ1) is 16.6. The molecule has 0 amide bonds. The molecule has 0 bridgehead atoms. The fourth-order valence-electron chi connectivity index (χ4n) is 4.72. The SMILES string of the molecule is COC1=C(c2cnc(N3CCCCC3)s2)C(=O)C(OC)=C(c2cnc(N3CCCCC3)s2)C1=O. The maximum Gasteiger partial charge on any atom is 0.233 e. The van der Waals surface area contributed by atoms with Gasteiger partial charge in [-0.1, -0.05) is 22.7 Å². The molecule has 2 aromatic heterocycles. The van der Waals surface area contributed by atoms with E-state index in [1.54, 1.807) is 12.4 Å². The zero-order chi connectivity index (χ0) is 23.7. The van der Waals surface area contributed by atoms with Crippen LogP contribution in [-0.4, -0.2) is 61.9 Å². The van der Waals surface area contributed by atoms with Gasteiger partial charge < -0.3 is 19.3 Å². The number of carbonyl (C=O) groups excluding carboxylic acids is 2. The third-order valence-corrected chi connectivity index (χ3v) is 8.61. The first-order valence-corrected chi connectivity index (χ1v) is 13.3. The lowest BCUT2D eigenvalue weighted by Gasteiger charge is -2.26. The fourth-order valence-corrected chi connectivity index (χ4v) is 6.73. The van der Waals surface area contributed by atoms with Crippen LogP contribution in [0, 0.1) is 0 Å². The van der Waals surface area contributed by atoms with E-state index in [2.05, 4.69) is 19.8 Å². The van der Waals surface area contributed by atoms with Crippen molar-refractivity contribution < 1.29 is 19.1 Å². The number of hydrogen-bond acceptors (Lipinski definition) is 10. The van der Waals surface area contributed by atoms with Crippen molar-refractivity contribution in [3.63, 3.8) is 0 Å². The first kappa shape index (κ1) is 23.0. The Hall–Kier alpha value is -2.72. The predicted octanol–water partition coefficient (Wildman–Crippen LogP) is 4.15. The van der Waals surface area contributed by atoms with E-state index in [1.807, 2.05) is 0 Å². The number of hydrogen-bond donors (Lipinski definition) is 0. The summed E-state index contributed by atoms with van der Waals surface area (Å²) in [6.07, 6.45) is 10.3.